The summed E-state index contributed by atoms with van der Waals surface area (Å²) in [5.74, 6) is -1.11. The van der Waals surface area contributed by atoms with Crippen LogP contribution in [-0.2, 0) is 14.2 Å². The molecule has 0 aliphatic rings. The van der Waals surface area contributed by atoms with Gasteiger partial charge in [0.1, 0.15) is 6.10 Å². The highest BCUT2D eigenvalue weighted by Gasteiger charge is 2.23. The third-order valence-corrected chi connectivity index (χ3v) is 4.82. The number of unbranched alkanes of at least 4 members (excludes halogenated alkanes) is 3. The highest BCUT2D eigenvalue weighted by Crippen LogP contribution is 2.19. The van der Waals surface area contributed by atoms with Crippen molar-refractivity contribution in [2.24, 2.45) is 0 Å². The Bertz CT molecular complexity index is 667. The van der Waals surface area contributed by atoms with Gasteiger partial charge in [0.25, 0.3) is 0 Å². The van der Waals surface area contributed by atoms with E-state index in [1.165, 1.54) is 13.5 Å². The quantitative estimate of drug-likeness (QED) is 0.138. The van der Waals surface area contributed by atoms with Crippen molar-refractivity contribution in [2.45, 2.75) is 77.1 Å². The maximum Gasteiger partial charge on any atom is 0.341 e. The fourth-order valence-corrected chi connectivity index (χ4v) is 3.08. The Morgan fingerprint density at radius 1 is 0.900 bits per heavy atom. The van der Waals surface area contributed by atoms with Gasteiger partial charge in [-0.3, -0.25) is 0 Å². The number of carbonyl (C=O) groups is 2. The van der Waals surface area contributed by atoms with Crippen molar-refractivity contribution in [1.82, 2.24) is 0 Å². The summed E-state index contributed by atoms with van der Waals surface area (Å²) in [4.78, 5) is 25.5. The lowest BCUT2D eigenvalue weighted by atomic mass is 10.0. The molecule has 0 saturated carbocycles. The molecule has 0 aromatic heterocycles. The number of ether oxygens (including phenoxy) is 3. The Kier molecular flexibility index (Phi) is 13.2. The Hall–Kier alpha value is -2.40. The van der Waals surface area contributed by atoms with Gasteiger partial charge < -0.3 is 14.2 Å². The first-order valence-electron chi connectivity index (χ1n) is 10.8. The number of rotatable bonds is 16. The van der Waals surface area contributed by atoms with E-state index < -0.39 is 18.2 Å². The number of hydrogen-bond acceptors (Lipinski definition) is 5. The number of hydrogen-bond donors (Lipinski definition) is 0. The predicted molar refractivity (Wildman–Crippen MR) is 119 cm³/mol. The predicted octanol–water partition coefficient (Wildman–Crippen LogP) is 6.24. The molecule has 0 aliphatic heterocycles. The molecule has 1 rings (SSSR count). The number of allylic oxidation sites excluding steroid dienone is 2. The molecule has 30 heavy (non-hydrogen) atoms. The van der Waals surface area contributed by atoms with Crippen molar-refractivity contribution in [3.63, 3.8) is 0 Å². The maximum atomic E-state index is 12.9. The minimum atomic E-state index is -0.696. The largest absolute Gasteiger partial charge is 0.459 e. The zero-order valence-electron chi connectivity index (χ0n) is 18.4. The first kappa shape index (κ1) is 25.6. The molecule has 0 bridgehead atoms. The zero-order chi connectivity index (χ0) is 22.2. The van der Waals surface area contributed by atoms with E-state index in [1.54, 1.807) is 30.3 Å². The van der Waals surface area contributed by atoms with Crippen molar-refractivity contribution in [3.05, 3.63) is 60.7 Å². The molecule has 166 valence electrons. The second-order valence-corrected chi connectivity index (χ2v) is 7.22. The van der Waals surface area contributed by atoms with Gasteiger partial charge >= 0.3 is 11.9 Å². The second-order valence-electron chi connectivity index (χ2n) is 7.22. The van der Waals surface area contributed by atoms with Crippen molar-refractivity contribution in [2.75, 3.05) is 7.11 Å². The molecule has 0 spiro atoms. The molecular weight excluding hydrogens is 380 g/mol. The summed E-state index contributed by atoms with van der Waals surface area (Å²) >= 11 is 0. The van der Waals surface area contributed by atoms with E-state index in [1.807, 2.05) is 6.08 Å². The highest BCUT2D eigenvalue weighted by molar-refractivity contribution is 6.03. The standard InChI is InChI=1S/C25H36O5/c1-5-8-11-12-16-20(15-9-6-2)29-24(26)21-17-13-14-18-22(21)25(27)30-23(28-4)19-10-7-3/h6-7,13-14,17-18,20,23H,2-3,5,8-12,15-16,19H2,1,4H3/t20-,23+/m0/s1. The average Bonchev–Trinajstić information content (AvgIpc) is 2.77. The lowest BCUT2D eigenvalue weighted by Crippen LogP contribution is -2.24. The van der Waals surface area contributed by atoms with Crippen LogP contribution in [0.5, 0.6) is 0 Å². The molecule has 2 atom stereocenters. The van der Waals surface area contributed by atoms with E-state index in [4.69, 9.17) is 14.2 Å². The van der Waals surface area contributed by atoms with Crippen molar-refractivity contribution >= 4 is 11.9 Å². The minimum absolute atomic E-state index is 0.177. The third-order valence-electron chi connectivity index (χ3n) is 4.82. The average molecular weight is 417 g/mol. The minimum Gasteiger partial charge on any atom is -0.459 e. The van der Waals surface area contributed by atoms with Gasteiger partial charge in [-0.25, -0.2) is 9.59 Å². The highest BCUT2D eigenvalue weighted by atomic mass is 16.7. The maximum absolute atomic E-state index is 12.9. The van der Waals surface area contributed by atoms with Gasteiger partial charge in [-0.1, -0.05) is 50.5 Å². The SMILES string of the molecule is C=CCC[C@@H](CCCCCC)OC(=O)c1ccccc1C(=O)O[C@H](CCC=C)OC. The van der Waals surface area contributed by atoms with Gasteiger partial charge in [-0.15, -0.1) is 13.2 Å². The van der Waals surface area contributed by atoms with E-state index in [-0.39, 0.29) is 17.2 Å². The van der Waals surface area contributed by atoms with Crippen LogP contribution in [0, 0.1) is 0 Å². The summed E-state index contributed by atoms with van der Waals surface area (Å²) < 4.78 is 16.4. The zero-order valence-corrected chi connectivity index (χ0v) is 18.4. The van der Waals surface area contributed by atoms with Crippen LogP contribution in [0.4, 0.5) is 0 Å². The van der Waals surface area contributed by atoms with Crippen LogP contribution in [0.2, 0.25) is 0 Å². The summed E-state index contributed by atoms with van der Waals surface area (Å²) in [6.45, 7) is 9.58. The first-order valence-corrected chi connectivity index (χ1v) is 10.8. The molecule has 0 N–H and O–H groups in total. The first-order chi connectivity index (χ1) is 14.6. The summed E-state index contributed by atoms with van der Waals surface area (Å²) in [5.41, 5.74) is 0.384. The third kappa shape index (κ3) is 9.40. The van der Waals surface area contributed by atoms with Gasteiger partial charge in [0.15, 0.2) is 0 Å². The molecule has 0 heterocycles. The van der Waals surface area contributed by atoms with E-state index >= 15 is 0 Å². The number of esters is 2. The topological polar surface area (TPSA) is 61.8 Å². The lowest BCUT2D eigenvalue weighted by Gasteiger charge is -2.19. The molecule has 5 heteroatoms. The van der Waals surface area contributed by atoms with Crippen LogP contribution in [0.15, 0.2) is 49.6 Å². The molecule has 1 aromatic rings. The van der Waals surface area contributed by atoms with E-state index in [0.29, 0.717) is 12.8 Å². The molecule has 5 nitrogen and oxygen atoms in total. The molecule has 1 aromatic carbocycles. The Labute approximate surface area is 181 Å². The monoisotopic (exact) mass is 416 g/mol. The van der Waals surface area contributed by atoms with Gasteiger partial charge in [0, 0.05) is 13.5 Å². The molecule has 0 amide bonds. The Balaban J connectivity index is 2.85. The summed E-state index contributed by atoms with van der Waals surface area (Å²) in [6, 6.07) is 6.56. The molecule has 0 saturated heterocycles. The lowest BCUT2D eigenvalue weighted by molar-refractivity contribution is -0.0926. The number of carbonyl (C=O) groups excluding carboxylic acids is 2. The molecule has 0 radical (unpaired) electrons. The normalized spacial score (nSPS) is 12.6. The van der Waals surface area contributed by atoms with Crippen LogP contribution in [-0.4, -0.2) is 31.4 Å². The van der Waals surface area contributed by atoms with Crippen LogP contribution in [0.1, 0.15) is 85.4 Å². The summed E-state index contributed by atoms with van der Waals surface area (Å²) in [7, 11) is 1.48. The van der Waals surface area contributed by atoms with E-state index in [0.717, 1.165) is 38.5 Å². The molecule has 0 fully saturated rings. The fourth-order valence-electron chi connectivity index (χ4n) is 3.08. The smallest absolute Gasteiger partial charge is 0.341 e. The fraction of sp³-hybridized carbons (Fsp3) is 0.520. The van der Waals surface area contributed by atoms with Crippen LogP contribution >= 0.6 is 0 Å². The van der Waals surface area contributed by atoms with Crippen molar-refractivity contribution < 1.29 is 23.8 Å². The van der Waals surface area contributed by atoms with Crippen molar-refractivity contribution in [3.8, 4) is 0 Å². The number of benzene rings is 1. The Morgan fingerprint density at radius 3 is 2.07 bits per heavy atom. The summed E-state index contributed by atoms with van der Waals surface area (Å²) in [6.07, 6.45) is 10.6. The van der Waals surface area contributed by atoms with Gasteiger partial charge in [0.2, 0.25) is 6.29 Å². The Morgan fingerprint density at radius 2 is 1.50 bits per heavy atom. The van der Waals surface area contributed by atoms with Crippen molar-refractivity contribution in [1.29, 1.82) is 0 Å². The van der Waals surface area contributed by atoms with Gasteiger partial charge in [0.05, 0.1) is 11.1 Å². The molecule has 0 aliphatic carbocycles. The molecular formula is C25H36O5. The van der Waals surface area contributed by atoms with Gasteiger partial charge in [-0.05, 0) is 44.2 Å². The van der Waals surface area contributed by atoms with Gasteiger partial charge in [-0.2, -0.15) is 0 Å². The van der Waals surface area contributed by atoms with Crippen LogP contribution < -0.4 is 0 Å². The van der Waals surface area contributed by atoms with E-state index in [2.05, 4.69) is 20.1 Å². The van der Waals surface area contributed by atoms with E-state index in [9.17, 15) is 9.59 Å². The summed E-state index contributed by atoms with van der Waals surface area (Å²) in [5, 5.41) is 0. The number of methoxy groups -OCH3 is 1. The second kappa shape index (κ2) is 15.4. The van der Waals surface area contributed by atoms with Crippen LogP contribution in [0.25, 0.3) is 0 Å². The molecule has 0 unspecified atom stereocenters. The van der Waals surface area contributed by atoms with Crippen LogP contribution in [0.3, 0.4) is 0 Å².